The molecule has 0 aliphatic carbocycles. The Hall–Kier alpha value is 0.141. The lowest BCUT2D eigenvalue weighted by atomic mass is 9.86. The first kappa shape index (κ1) is 46.3. The highest BCUT2D eigenvalue weighted by molar-refractivity contribution is 7.48. The van der Waals surface area contributed by atoms with Gasteiger partial charge >= 0.3 is 7.82 Å². The monoisotopic (exact) mass is 780 g/mol. The second-order valence-electron chi connectivity index (χ2n) is 14.7. The lowest BCUT2D eigenvalue weighted by molar-refractivity contribution is -0.155. The van der Waals surface area contributed by atoms with Crippen molar-refractivity contribution in [2.75, 3.05) is 19.8 Å². The van der Waals surface area contributed by atoms with Gasteiger partial charge in [0.05, 0.1) is 50.3 Å². The van der Waals surface area contributed by atoms with Gasteiger partial charge in [-0.25, -0.2) is 4.57 Å². The van der Waals surface area contributed by atoms with E-state index in [9.17, 15) is 4.57 Å². The number of epoxide rings is 1. The van der Waals surface area contributed by atoms with Gasteiger partial charge < -0.3 is 27.3 Å². The number of phosphoric acid groups is 1. The maximum atomic E-state index is 13.3. The van der Waals surface area contributed by atoms with Crippen LogP contribution in [0, 0.1) is 11.8 Å². The molecule has 8 atom stereocenters. The lowest BCUT2D eigenvalue weighted by Gasteiger charge is -2.49. The molecule has 0 unspecified atom stereocenters. The zero-order chi connectivity index (χ0) is 37.8. The van der Waals surface area contributed by atoms with Gasteiger partial charge in [0.2, 0.25) is 0 Å². The summed E-state index contributed by atoms with van der Waals surface area (Å²) in [6.45, 7) is 33.7. The van der Waals surface area contributed by atoms with E-state index in [1.165, 1.54) is 0 Å². The Kier molecular flexibility index (Phi) is 19.7. The van der Waals surface area contributed by atoms with E-state index in [0.717, 1.165) is 60.8 Å². The van der Waals surface area contributed by atoms with Crippen LogP contribution < -0.4 is 0 Å². The van der Waals surface area contributed by atoms with E-state index in [1.807, 2.05) is 0 Å². The van der Waals surface area contributed by atoms with Crippen molar-refractivity contribution in [3.8, 4) is 0 Å². The van der Waals surface area contributed by atoms with Crippen LogP contribution in [0.5, 0.6) is 0 Å². The highest BCUT2D eigenvalue weighted by Gasteiger charge is 2.53. The molecule has 50 heavy (non-hydrogen) atoms. The maximum absolute atomic E-state index is 13.3. The Morgan fingerprint density at radius 1 is 0.720 bits per heavy atom. The van der Waals surface area contributed by atoms with Crippen LogP contribution in [0.2, 0.25) is 54.4 Å². The molecule has 2 rings (SSSR count). The normalized spacial score (nSPS) is 26.1. The first-order valence-electron chi connectivity index (χ1n) is 20.3. The SMILES string of the molecule is C=C(C[C@@H]1OC[C@H](C[C@@H]2O[C@H]2[C@@H](C)[C@H](C)O[Si](CC)(CC)CC)[C@@H](O[Si](CC)(CC)CC)[C@H]1O[Si](CC)(CC)CC)OP(=O)(OCC)OCC. The number of hydrogen-bond donors (Lipinski definition) is 0. The molecule has 0 aromatic carbocycles. The molecule has 2 heterocycles. The van der Waals surface area contributed by atoms with Gasteiger partial charge in [-0.1, -0.05) is 75.8 Å². The van der Waals surface area contributed by atoms with Crippen molar-refractivity contribution in [3.63, 3.8) is 0 Å². The average molecular weight is 781 g/mol. The second kappa shape index (κ2) is 21.3. The number of hydrogen-bond acceptors (Lipinski definition) is 9. The predicted molar refractivity (Wildman–Crippen MR) is 213 cm³/mol. The Morgan fingerprint density at radius 3 is 1.62 bits per heavy atom. The summed E-state index contributed by atoms with van der Waals surface area (Å²) < 4.78 is 65.0. The molecule has 0 saturated carbocycles. The Bertz CT molecular complexity index is 1000. The van der Waals surface area contributed by atoms with Gasteiger partial charge in [0.1, 0.15) is 5.76 Å². The van der Waals surface area contributed by atoms with Crippen LogP contribution in [0.25, 0.3) is 0 Å². The molecule has 0 radical (unpaired) electrons. The minimum atomic E-state index is -3.79. The van der Waals surface area contributed by atoms with Crippen LogP contribution in [0.3, 0.4) is 0 Å². The molecule has 296 valence electrons. The summed E-state index contributed by atoms with van der Waals surface area (Å²) in [6, 6.07) is 9.64. The number of phosphoric ester groups is 1. The zero-order valence-electron chi connectivity index (χ0n) is 34.3. The first-order valence-corrected chi connectivity index (χ1v) is 29.3. The average Bonchev–Trinajstić information content (AvgIpc) is 3.89. The van der Waals surface area contributed by atoms with Crippen LogP contribution >= 0.6 is 7.82 Å². The molecule has 0 aromatic rings. The highest BCUT2D eigenvalue weighted by Crippen LogP contribution is 2.52. The largest absolute Gasteiger partial charge is 0.529 e. The van der Waals surface area contributed by atoms with Gasteiger partial charge in [-0.05, 0) is 81.6 Å². The summed E-state index contributed by atoms with van der Waals surface area (Å²) in [6.07, 6.45) is 0.817. The van der Waals surface area contributed by atoms with Gasteiger partial charge in [-0.3, -0.25) is 9.05 Å². The third kappa shape index (κ3) is 12.1. The topological polar surface area (TPSA) is 94.2 Å². The molecule has 2 fully saturated rings. The Balaban J connectivity index is 2.45. The van der Waals surface area contributed by atoms with Crippen LogP contribution in [0.4, 0.5) is 0 Å². The minimum Gasteiger partial charge on any atom is -0.414 e. The quantitative estimate of drug-likeness (QED) is 0.0349. The van der Waals surface area contributed by atoms with E-state index < -0.39 is 32.8 Å². The van der Waals surface area contributed by atoms with Gasteiger partial charge in [0.15, 0.2) is 25.0 Å². The van der Waals surface area contributed by atoms with Gasteiger partial charge in [0.25, 0.3) is 0 Å². The van der Waals surface area contributed by atoms with Crippen molar-refractivity contribution in [1.29, 1.82) is 0 Å². The smallest absolute Gasteiger partial charge is 0.414 e. The molecular formula is C37H77O9PSi3. The molecule has 13 heteroatoms. The number of ether oxygens (including phenoxy) is 2. The maximum Gasteiger partial charge on any atom is 0.529 e. The number of rotatable bonds is 27. The fourth-order valence-electron chi connectivity index (χ4n) is 7.88. The fraction of sp³-hybridized carbons (Fsp3) is 0.946. The predicted octanol–water partition coefficient (Wildman–Crippen LogP) is 11.1. The van der Waals surface area contributed by atoms with Crippen LogP contribution in [0.1, 0.15) is 103 Å². The summed E-state index contributed by atoms with van der Waals surface area (Å²) in [5.41, 5.74) is 0. The molecule has 9 nitrogen and oxygen atoms in total. The summed E-state index contributed by atoms with van der Waals surface area (Å²) >= 11 is 0. The van der Waals surface area contributed by atoms with E-state index in [4.69, 9.17) is 36.3 Å². The van der Waals surface area contributed by atoms with Crippen molar-refractivity contribution < 1.29 is 40.9 Å². The zero-order valence-corrected chi connectivity index (χ0v) is 38.2. The fourth-order valence-corrected chi connectivity index (χ4v) is 17.9. The molecule has 0 aromatic heterocycles. The summed E-state index contributed by atoms with van der Waals surface area (Å²) in [7, 11) is -9.69. The van der Waals surface area contributed by atoms with Crippen molar-refractivity contribution in [2.45, 2.75) is 194 Å². The first-order chi connectivity index (χ1) is 23.7. The third-order valence-electron chi connectivity index (χ3n) is 12.3. The molecule has 2 saturated heterocycles. The van der Waals surface area contributed by atoms with Crippen LogP contribution in [0.15, 0.2) is 12.3 Å². The Morgan fingerprint density at radius 2 is 1.18 bits per heavy atom. The molecule has 0 N–H and O–H groups in total. The summed E-state index contributed by atoms with van der Waals surface area (Å²) in [5, 5.41) is 0. The summed E-state index contributed by atoms with van der Waals surface area (Å²) in [4.78, 5) is 0. The molecule has 2 aliphatic heterocycles. The highest BCUT2D eigenvalue weighted by atomic mass is 31.2. The lowest BCUT2D eigenvalue weighted by Crippen LogP contribution is -2.60. The van der Waals surface area contributed by atoms with Gasteiger partial charge in [-0.2, -0.15) is 0 Å². The molecule has 0 spiro atoms. The van der Waals surface area contributed by atoms with Crippen molar-refractivity contribution in [1.82, 2.24) is 0 Å². The molecule has 0 amide bonds. The van der Waals surface area contributed by atoms with Crippen molar-refractivity contribution in [2.24, 2.45) is 11.8 Å². The molecule has 0 bridgehead atoms. The molecule has 2 aliphatic rings. The second-order valence-corrected chi connectivity index (χ2v) is 30.5. The minimum absolute atomic E-state index is 0.117. The Labute approximate surface area is 310 Å². The van der Waals surface area contributed by atoms with E-state index >= 15 is 0 Å². The van der Waals surface area contributed by atoms with E-state index in [0.29, 0.717) is 24.7 Å². The van der Waals surface area contributed by atoms with Gasteiger partial charge in [0, 0.05) is 24.4 Å². The molecular weight excluding hydrogens is 704 g/mol. The third-order valence-corrected chi connectivity index (χ3v) is 28.0. The summed E-state index contributed by atoms with van der Waals surface area (Å²) in [5.74, 6) is 0.737. The van der Waals surface area contributed by atoms with Crippen LogP contribution in [-0.2, 0) is 40.9 Å². The standard InChI is InChI=1S/C37H77O9PSi3/c1-15-40-47(38,41-16-2)43-29(12)26-33-37(46-50(23-9,24-10)25-11)36(45-49(20-6,21-7)22-8)32(28-39-33)27-34-35(42-34)30(13)31(14)44-48(17-3,18-4)19-5/h30-37H,12,15-28H2,1-11,13-14H3/t30-,31-,32-,33-,34-,35-,36+,37-/m0/s1. The van der Waals surface area contributed by atoms with Crippen LogP contribution in [-0.4, -0.2) is 81.4 Å². The van der Waals surface area contributed by atoms with Crippen molar-refractivity contribution >= 4 is 32.8 Å². The van der Waals surface area contributed by atoms with E-state index in [1.54, 1.807) is 13.8 Å². The van der Waals surface area contributed by atoms with E-state index in [-0.39, 0.29) is 55.8 Å². The van der Waals surface area contributed by atoms with Gasteiger partial charge in [-0.15, -0.1) is 0 Å². The van der Waals surface area contributed by atoms with Crippen molar-refractivity contribution in [3.05, 3.63) is 12.3 Å². The van der Waals surface area contributed by atoms with E-state index in [2.05, 4.69) is 82.7 Å².